The predicted molar refractivity (Wildman–Crippen MR) is 109 cm³/mol. The van der Waals surface area contributed by atoms with E-state index >= 15 is 0 Å². The van der Waals surface area contributed by atoms with Gasteiger partial charge in [0.1, 0.15) is 5.76 Å². The van der Waals surface area contributed by atoms with Crippen molar-refractivity contribution in [3.8, 4) is 11.5 Å². The lowest BCUT2D eigenvalue weighted by molar-refractivity contribution is 0.102. The summed E-state index contributed by atoms with van der Waals surface area (Å²) >= 11 is 0. The van der Waals surface area contributed by atoms with Gasteiger partial charge in [-0.2, -0.15) is 0 Å². The summed E-state index contributed by atoms with van der Waals surface area (Å²) in [6, 6.07) is 14.2. The van der Waals surface area contributed by atoms with Crippen molar-refractivity contribution in [3.05, 3.63) is 72.2 Å². The van der Waals surface area contributed by atoms with Crippen LogP contribution in [0.3, 0.4) is 0 Å². The van der Waals surface area contributed by atoms with Crippen LogP contribution in [-0.4, -0.2) is 27.5 Å². The highest BCUT2D eigenvalue weighted by atomic mass is 32.2. The standard InChI is InChI=1S/C21H20N2O6S/c24-21(23-16-6-9-19-20(13-16)29-12-2-11-28-19)15-4-7-18(8-5-15)30(25,26)22-14-17-3-1-10-27-17/h1,3-10,13,22H,2,11-12,14H2,(H,23,24). The molecule has 3 aromatic rings. The molecule has 2 N–H and O–H groups in total. The molecule has 0 radical (unpaired) electrons. The summed E-state index contributed by atoms with van der Waals surface area (Å²) in [5.41, 5.74) is 0.883. The molecular formula is C21H20N2O6S. The molecule has 0 unspecified atom stereocenters. The number of sulfonamides is 1. The Morgan fingerprint density at radius 2 is 1.73 bits per heavy atom. The van der Waals surface area contributed by atoms with Gasteiger partial charge in [-0.1, -0.05) is 0 Å². The van der Waals surface area contributed by atoms with E-state index in [2.05, 4.69) is 10.0 Å². The summed E-state index contributed by atoms with van der Waals surface area (Å²) in [5.74, 6) is 1.36. The van der Waals surface area contributed by atoms with Gasteiger partial charge in [0, 0.05) is 23.7 Å². The number of nitrogens with one attached hydrogen (secondary N) is 2. The molecule has 2 aromatic carbocycles. The smallest absolute Gasteiger partial charge is 0.255 e. The van der Waals surface area contributed by atoms with Crippen LogP contribution in [0.4, 0.5) is 5.69 Å². The number of anilines is 1. The van der Waals surface area contributed by atoms with E-state index in [-0.39, 0.29) is 17.3 Å². The number of carbonyl (C=O) groups excluding carboxylic acids is 1. The number of hydrogen-bond donors (Lipinski definition) is 2. The summed E-state index contributed by atoms with van der Waals surface area (Å²) in [5, 5.41) is 2.78. The monoisotopic (exact) mass is 428 g/mol. The van der Waals surface area contributed by atoms with Crippen LogP contribution in [0.25, 0.3) is 0 Å². The summed E-state index contributed by atoms with van der Waals surface area (Å²) in [7, 11) is -3.72. The maximum absolute atomic E-state index is 12.5. The first kappa shape index (κ1) is 20.0. The molecule has 9 heteroatoms. The molecule has 0 saturated heterocycles. The van der Waals surface area contributed by atoms with E-state index in [4.69, 9.17) is 13.9 Å². The Kier molecular flexibility index (Phi) is 5.73. The first-order chi connectivity index (χ1) is 14.5. The van der Waals surface area contributed by atoms with Crippen molar-refractivity contribution in [2.24, 2.45) is 0 Å². The zero-order valence-electron chi connectivity index (χ0n) is 16.0. The quantitative estimate of drug-likeness (QED) is 0.625. The van der Waals surface area contributed by atoms with E-state index in [1.165, 1.54) is 30.5 Å². The van der Waals surface area contributed by atoms with E-state index in [0.717, 1.165) is 6.42 Å². The highest BCUT2D eigenvalue weighted by molar-refractivity contribution is 7.89. The number of hydrogen-bond acceptors (Lipinski definition) is 6. The van der Waals surface area contributed by atoms with Gasteiger partial charge in [-0.05, 0) is 48.5 Å². The van der Waals surface area contributed by atoms with Crippen molar-refractivity contribution in [3.63, 3.8) is 0 Å². The molecule has 0 fully saturated rings. The van der Waals surface area contributed by atoms with Crippen molar-refractivity contribution in [1.82, 2.24) is 4.72 Å². The molecule has 8 nitrogen and oxygen atoms in total. The van der Waals surface area contributed by atoms with Crippen LogP contribution in [0.2, 0.25) is 0 Å². The van der Waals surface area contributed by atoms with Gasteiger partial charge in [-0.15, -0.1) is 0 Å². The zero-order chi connectivity index (χ0) is 21.0. The molecule has 156 valence electrons. The second-order valence-corrected chi connectivity index (χ2v) is 8.36. The lowest BCUT2D eigenvalue weighted by Crippen LogP contribution is -2.23. The van der Waals surface area contributed by atoms with Gasteiger partial charge >= 0.3 is 0 Å². The molecule has 0 saturated carbocycles. The number of carbonyl (C=O) groups is 1. The van der Waals surface area contributed by atoms with Crippen LogP contribution in [-0.2, 0) is 16.6 Å². The molecule has 0 bridgehead atoms. The topological polar surface area (TPSA) is 107 Å². The number of fused-ring (bicyclic) bond motifs is 1. The Bertz CT molecular complexity index is 1120. The predicted octanol–water partition coefficient (Wildman–Crippen LogP) is 3.17. The van der Waals surface area contributed by atoms with Gasteiger partial charge < -0.3 is 19.2 Å². The summed E-state index contributed by atoms with van der Waals surface area (Å²) < 4.78 is 43.5. The van der Waals surface area contributed by atoms with Gasteiger partial charge in [0.15, 0.2) is 11.5 Å². The average molecular weight is 428 g/mol. The third-order valence-corrected chi connectivity index (χ3v) is 5.87. The van der Waals surface area contributed by atoms with Crippen LogP contribution >= 0.6 is 0 Å². The lowest BCUT2D eigenvalue weighted by atomic mass is 10.2. The number of benzene rings is 2. The minimum atomic E-state index is -3.72. The summed E-state index contributed by atoms with van der Waals surface area (Å²) in [6.07, 6.45) is 2.27. The van der Waals surface area contributed by atoms with E-state index in [1.807, 2.05) is 0 Å². The average Bonchev–Trinajstić information content (AvgIpc) is 3.17. The lowest BCUT2D eigenvalue weighted by Gasteiger charge is -2.11. The first-order valence-electron chi connectivity index (χ1n) is 9.34. The summed E-state index contributed by atoms with van der Waals surface area (Å²) in [4.78, 5) is 12.6. The number of furan rings is 1. The molecule has 0 atom stereocenters. The Morgan fingerprint density at radius 1 is 0.967 bits per heavy atom. The van der Waals surface area contributed by atoms with Crippen LogP contribution in [0.5, 0.6) is 11.5 Å². The van der Waals surface area contributed by atoms with Crippen molar-refractivity contribution >= 4 is 21.6 Å². The molecule has 1 aliphatic heterocycles. The molecule has 1 aromatic heterocycles. The van der Waals surface area contributed by atoms with Gasteiger partial charge in [0.05, 0.1) is 30.9 Å². The van der Waals surface area contributed by atoms with E-state index in [0.29, 0.717) is 41.7 Å². The fraction of sp³-hybridized carbons (Fsp3) is 0.190. The third-order valence-electron chi connectivity index (χ3n) is 4.45. The SMILES string of the molecule is O=C(Nc1ccc2c(c1)OCCCO2)c1ccc(S(=O)(=O)NCc2ccco2)cc1. The van der Waals surface area contributed by atoms with Crippen LogP contribution < -0.4 is 19.5 Å². The Balaban J connectivity index is 1.42. The van der Waals surface area contributed by atoms with E-state index in [9.17, 15) is 13.2 Å². The van der Waals surface area contributed by atoms with Gasteiger partial charge in [0.2, 0.25) is 10.0 Å². The molecule has 0 aliphatic carbocycles. The number of amides is 1. The maximum Gasteiger partial charge on any atom is 0.255 e. The van der Waals surface area contributed by atoms with Crippen LogP contribution in [0.1, 0.15) is 22.5 Å². The second kappa shape index (κ2) is 8.60. The Morgan fingerprint density at radius 3 is 2.47 bits per heavy atom. The van der Waals surface area contributed by atoms with Crippen molar-refractivity contribution in [2.75, 3.05) is 18.5 Å². The second-order valence-electron chi connectivity index (χ2n) is 6.59. The van der Waals surface area contributed by atoms with Crippen molar-refractivity contribution in [1.29, 1.82) is 0 Å². The molecule has 1 aliphatic rings. The molecular weight excluding hydrogens is 408 g/mol. The Labute approximate surface area is 173 Å². The molecule has 4 rings (SSSR count). The van der Waals surface area contributed by atoms with Crippen molar-refractivity contribution in [2.45, 2.75) is 17.9 Å². The fourth-order valence-electron chi connectivity index (χ4n) is 2.89. The first-order valence-corrected chi connectivity index (χ1v) is 10.8. The van der Waals surface area contributed by atoms with Gasteiger partial charge in [0.25, 0.3) is 5.91 Å². The minimum absolute atomic E-state index is 0.0433. The van der Waals surface area contributed by atoms with Crippen molar-refractivity contribution < 1.29 is 27.1 Å². The summed E-state index contributed by atoms with van der Waals surface area (Å²) in [6.45, 7) is 1.18. The fourth-order valence-corrected chi connectivity index (χ4v) is 3.89. The van der Waals surface area contributed by atoms with Gasteiger partial charge in [-0.25, -0.2) is 13.1 Å². The third kappa shape index (κ3) is 4.64. The number of ether oxygens (including phenoxy) is 2. The maximum atomic E-state index is 12.5. The largest absolute Gasteiger partial charge is 0.490 e. The molecule has 30 heavy (non-hydrogen) atoms. The minimum Gasteiger partial charge on any atom is -0.490 e. The van der Waals surface area contributed by atoms with E-state index < -0.39 is 10.0 Å². The van der Waals surface area contributed by atoms with Gasteiger partial charge in [-0.3, -0.25) is 4.79 Å². The highest BCUT2D eigenvalue weighted by Crippen LogP contribution is 2.32. The highest BCUT2D eigenvalue weighted by Gasteiger charge is 2.16. The van der Waals surface area contributed by atoms with E-state index in [1.54, 1.807) is 30.3 Å². The normalized spacial score (nSPS) is 13.5. The molecule has 2 heterocycles. The molecule has 0 spiro atoms. The Hall–Kier alpha value is -3.30. The number of rotatable bonds is 6. The zero-order valence-corrected chi connectivity index (χ0v) is 16.8. The van der Waals surface area contributed by atoms with Crippen LogP contribution in [0.15, 0.2) is 70.2 Å². The molecule has 1 amide bonds. The van der Waals surface area contributed by atoms with Crippen LogP contribution in [0, 0.1) is 0 Å².